The van der Waals surface area contributed by atoms with Gasteiger partial charge >= 0.3 is 6.03 Å². The van der Waals surface area contributed by atoms with Crippen LogP contribution in [0.1, 0.15) is 23.5 Å². The Labute approximate surface area is 135 Å². The van der Waals surface area contributed by atoms with Gasteiger partial charge in [-0.15, -0.1) is 0 Å². The maximum absolute atomic E-state index is 13.7. The first-order valence-corrected chi connectivity index (χ1v) is 7.57. The van der Waals surface area contributed by atoms with Crippen molar-refractivity contribution in [2.24, 2.45) is 0 Å². The molecule has 1 atom stereocenters. The van der Waals surface area contributed by atoms with Crippen LogP contribution >= 0.6 is 0 Å². The molecule has 0 aliphatic carbocycles. The average Bonchev–Trinajstić information content (AvgIpc) is 2.55. The smallest absolute Gasteiger partial charge is 0.319 e. The first kappa shape index (κ1) is 17.0. The standard InChI is InChI=1S/C18H21FN2O2/c1-13-7-8-17(16(19)11-13)21-18(23)20-12-15(9-10-22)14-5-3-2-4-6-14/h2-8,11,15,22H,9-10,12H2,1H3,(H2,20,21,23). The zero-order chi connectivity index (χ0) is 16.7. The topological polar surface area (TPSA) is 61.4 Å². The Bertz CT molecular complexity index is 647. The molecule has 0 saturated carbocycles. The van der Waals surface area contributed by atoms with E-state index in [0.717, 1.165) is 11.1 Å². The highest BCUT2D eigenvalue weighted by molar-refractivity contribution is 5.89. The van der Waals surface area contributed by atoms with Gasteiger partial charge < -0.3 is 15.7 Å². The van der Waals surface area contributed by atoms with Crippen LogP contribution in [-0.4, -0.2) is 24.3 Å². The minimum atomic E-state index is -0.466. The van der Waals surface area contributed by atoms with E-state index in [2.05, 4.69) is 10.6 Å². The van der Waals surface area contributed by atoms with E-state index in [1.54, 1.807) is 13.0 Å². The predicted octanol–water partition coefficient (Wildman–Crippen LogP) is 3.42. The quantitative estimate of drug-likeness (QED) is 0.764. The van der Waals surface area contributed by atoms with E-state index in [0.29, 0.717) is 13.0 Å². The van der Waals surface area contributed by atoms with E-state index >= 15 is 0 Å². The highest BCUT2D eigenvalue weighted by Gasteiger charge is 2.13. The molecule has 0 saturated heterocycles. The molecule has 2 aromatic rings. The molecular weight excluding hydrogens is 295 g/mol. The Morgan fingerprint density at radius 2 is 1.96 bits per heavy atom. The van der Waals surface area contributed by atoms with Crippen LogP contribution in [0.15, 0.2) is 48.5 Å². The van der Waals surface area contributed by atoms with Gasteiger partial charge in [0.25, 0.3) is 0 Å². The van der Waals surface area contributed by atoms with Crippen molar-refractivity contribution in [3.8, 4) is 0 Å². The number of hydrogen-bond donors (Lipinski definition) is 3. The Morgan fingerprint density at radius 1 is 1.22 bits per heavy atom. The zero-order valence-electron chi connectivity index (χ0n) is 13.1. The number of halogens is 1. The molecule has 1 unspecified atom stereocenters. The van der Waals surface area contributed by atoms with Crippen molar-refractivity contribution in [3.05, 3.63) is 65.5 Å². The fourth-order valence-corrected chi connectivity index (χ4v) is 2.37. The second-order valence-corrected chi connectivity index (χ2v) is 5.44. The fourth-order valence-electron chi connectivity index (χ4n) is 2.37. The number of amides is 2. The number of aryl methyl sites for hydroxylation is 1. The Balaban J connectivity index is 1.94. The average molecular weight is 316 g/mol. The van der Waals surface area contributed by atoms with E-state index in [1.807, 2.05) is 30.3 Å². The van der Waals surface area contributed by atoms with Crippen LogP contribution in [0.4, 0.5) is 14.9 Å². The normalized spacial score (nSPS) is 11.8. The van der Waals surface area contributed by atoms with Gasteiger partial charge in [0.1, 0.15) is 5.82 Å². The lowest BCUT2D eigenvalue weighted by atomic mass is 9.96. The zero-order valence-corrected chi connectivity index (χ0v) is 13.1. The van der Waals surface area contributed by atoms with Gasteiger partial charge in [0.2, 0.25) is 0 Å². The molecule has 2 rings (SSSR count). The summed E-state index contributed by atoms with van der Waals surface area (Å²) in [5.74, 6) is -0.454. The number of benzene rings is 2. The summed E-state index contributed by atoms with van der Waals surface area (Å²) in [6.45, 7) is 2.19. The highest BCUT2D eigenvalue weighted by Crippen LogP contribution is 2.18. The summed E-state index contributed by atoms with van der Waals surface area (Å²) in [6.07, 6.45) is 0.545. The van der Waals surface area contributed by atoms with Crippen molar-refractivity contribution in [2.45, 2.75) is 19.3 Å². The van der Waals surface area contributed by atoms with Crippen molar-refractivity contribution in [1.29, 1.82) is 0 Å². The van der Waals surface area contributed by atoms with Gasteiger partial charge in [-0.2, -0.15) is 0 Å². The Morgan fingerprint density at radius 3 is 2.61 bits per heavy atom. The summed E-state index contributed by atoms with van der Waals surface area (Å²) in [5, 5.41) is 14.4. The van der Waals surface area contributed by atoms with Crippen molar-refractivity contribution < 1.29 is 14.3 Å². The molecule has 0 aliphatic heterocycles. The molecule has 0 radical (unpaired) electrons. The molecule has 0 aromatic heterocycles. The summed E-state index contributed by atoms with van der Waals surface area (Å²) in [5.41, 5.74) is 1.98. The number of nitrogens with one attached hydrogen (secondary N) is 2. The van der Waals surface area contributed by atoms with Gasteiger partial charge in [-0.1, -0.05) is 36.4 Å². The molecule has 0 aliphatic rings. The molecule has 5 heteroatoms. The van der Waals surface area contributed by atoms with Gasteiger partial charge in [0.15, 0.2) is 0 Å². The minimum absolute atomic E-state index is 0.00909. The maximum atomic E-state index is 13.7. The number of aliphatic hydroxyl groups is 1. The number of urea groups is 1. The lowest BCUT2D eigenvalue weighted by molar-refractivity contribution is 0.248. The number of anilines is 1. The van der Waals surface area contributed by atoms with Crippen LogP contribution < -0.4 is 10.6 Å². The predicted molar refractivity (Wildman–Crippen MR) is 89.0 cm³/mol. The molecule has 122 valence electrons. The van der Waals surface area contributed by atoms with E-state index in [1.165, 1.54) is 12.1 Å². The highest BCUT2D eigenvalue weighted by atomic mass is 19.1. The van der Waals surface area contributed by atoms with Crippen LogP contribution in [0.3, 0.4) is 0 Å². The van der Waals surface area contributed by atoms with Crippen molar-refractivity contribution in [2.75, 3.05) is 18.5 Å². The molecule has 2 aromatic carbocycles. The SMILES string of the molecule is Cc1ccc(NC(=O)NCC(CCO)c2ccccc2)c(F)c1. The molecule has 4 nitrogen and oxygen atoms in total. The van der Waals surface area contributed by atoms with E-state index in [9.17, 15) is 14.3 Å². The monoisotopic (exact) mass is 316 g/mol. The minimum Gasteiger partial charge on any atom is -0.396 e. The molecule has 3 N–H and O–H groups in total. The third kappa shape index (κ3) is 5.07. The number of carbonyl (C=O) groups excluding carboxylic acids is 1. The number of aliphatic hydroxyl groups excluding tert-OH is 1. The lowest BCUT2D eigenvalue weighted by Gasteiger charge is -2.17. The lowest BCUT2D eigenvalue weighted by Crippen LogP contribution is -2.33. The number of hydrogen-bond acceptors (Lipinski definition) is 2. The summed E-state index contributed by atoms with van der Waals surface area (Å²) in [7, 11) is 0. The summed E-state index contributed by atoms with van der Waals surface area (Å²) < 4.78 is 13.7. The number of carbonyl (C=O) groups is 1. The first-order valence-electron chi connectivity index (χ1n) is 7.57. The van der Waals surface area contributed by atoms with Gasteiger partial charge in [0.05, 0.1) is 5.69 Å². The van der Waals surface area contributed by atoms with Gasteiger partial charge in [0, 0.05) is 19.1 Å². The number of rotatable bonds is 6. The van der Waals surface area contributed by atoms with Crippen molar-refractivity contribution >= 4 is 11.7 Å². The maximum Gasteiger partial charge on any atom is 0.319 e. The van der Waals surface area contributed by atoms with Crippen LogP contribution in [0.25, 0.3) is 0 Å². The van der Waals surface area contributed by atoms with E-state index < -0.39 is 11.8 Å². The third-order valence-corrected chi connectivity index (χ3v) is 3.63. The van der Waals surface area contributed by atoms with E-state index in [-0.39, 0.29) is 18.2 Å². The van der Waals surface area contributed by atoms with Gasteiger partial charge in [-0.3, -0.25) is 0 Å². The van der Waals surface area contributed by atoms with Crippen LogP contribution in [-0.2, 0) is 0 Å². The first-order chi connectivity index (χ1) is 11.1. The largest absolute Gasteiger partial charge is 0.396 e. The Hall–Kier alpha value is -2.40. The molecule has 2 amide bonds. The summed E-state index contributed by atoms with van der Waals surface area (Å²) in [4.78, 5) is 11.9. The molecule has 23 heavy (non-hydrogen) atoms. The van der Waals surface area contributed by atoms with Gasteiger partial charge in [-0.25, -0.2) is 9.18 Å². The van der Waals surface area contributed by atoms with Crippen molar-refractivity contribution in [3.63, 3.8) is 0 Å². The second-order valence-electron chi connectivity index (χ2n) is 5.44. The summed E-state index contributed by atoms with van der Waals surface area (Å²) >= 11 is 0. The van der Waals surface area contributed by atoms with E-state index in [4.69, 9.17) is 0 Å². The van der Waals surface area contributed by atoms with Gasteiger partial charge in [-0.05, 0) is 36.6 Å². The van der Waals surface area contributed by atoms with Crippen LogP contribution in [0.5, 0.6) is 0 Å². The van der Waals surface area contributed by atoms with Crippen LogP contribution in [0, 0.1) is 12.7 Å². The van der Waals surface area contributed by atoms with Crippen LogP contribution in [0.2, 0.25) is 0 Å². The Kier molecular flexibility index (Phi) is 6.11. The molecule has 0 bridgehead atoms. The fraction of sp³-hybridized carbons (Fsp3) is 0.278. The third-order valence-electron chi connectivity index (χ3n) is 3.63. The van der Waals surface area contributed by atoms with Crippen molar-refractivity contribution in [1.82, 2.24) is 5.32 Å². The molecule has 0 spiro atoms. The summed E-state index contributed by atoms with van der Waals surface area (Å²) in [6, 6.07) is 13.8. The molecule has 0 heterocycles. The molecular formula is C18H21FN2O2. The second kappa shape index (κ2) is 8.29. The molecule has 0 fully saturated rings.